The number of anilines is 1. The highest BCUT2D eigenvalue weighted by Gasteiger charge is 2.37. The van der Waals surface area contributed by atoms with Gasteiger partial charge in [-0.1, -0.05) is 85.6 Å². The number of amides is 4. The number of ketones is 1. The number of nitrogens with zero attached hydrogens (tertiary/aromatic N) is 2. The number of hydrogen-bond donors (Lipinski definition) is 0. The maximum Gasteiger partial charge on any atom is 0.266 e. The van der Waals surface area contributed by atoms with Crippen molar-refractivity contribution in [2.24, 2.45) is 0 Å². The minimum atomic E-state index is -0.375. The van der Waals surface area contributed by atoms with Gasteiger partial charge in [0.2, 0.25) is 0 Å². The van der Waals surface area contributed by atoms with E-state index in [0.717, 1.165) is 32.9 Å². The summed E-state index contributed by atoms with van der Waals surface area (Å²) >= 11 is 0. The van der Waals surface area contributed by atoms with E-state index in [9.17, 15) is 24.0 Å². The Labute approximate surface area is 411 Å². The Morgan fingerprint density at radius 1 is 0.408 bits per heavy atom. The lowest BCUT2D eigenvalue weighted by Crippen LogP contribution is -2.29. The fraction of sp³-hybridized carbons (Fsp3) is 0.117. The number of imide groups is 2. The summed E-state index contributed by atoms with van der Waals surface area (Å²) in [5.74, 6) is 2.95. The molecule has 71 heavy (non-hydrogen) atoms. The first-order valence-corrected chi connectivity index (χ1v) is 22.8. The van der Waals surface area contributed by atoms with Crippen molar-refractivity contribution in [3.05, 3.63) is 238 Å². The molecule has 8 aromatic rings. The van der Waals surface area contributed by atoms with Gasteiger partial charge in [0.1, 0.15) is 40.2 Å². The lowest BCUT2D eigenvalue weighted by atomic mass is 9.78. The largest absolute Gasteiger partial charge is 0.497 e. The van der Waals surface area contributed by atoms with E-state index in [2.05, 4.69) is 13.8 Å². The zero-order valence-electron chi connectivity index (χ0n) is 39.9. The van der Waals surface area contributed by atoms with Gasteiger partial charge >= 0.3 is 0 Å². The second-order valence-corrected chi connectivity index (χ2v) is 17.7. The molecule has 0 unspecified atom stereocenters. The number of methoxy groups -OCH3 is 1. The Morgan fingerprint density at radius 3 is 1.23 bits per heavy atom. The number of carbonyl (C=O) groups is 5. The van der Waals surface area contributed by atoms with Crippen LogP contribution < -0.4 is 23.8 Å². The summed E-state index contributed by atoms with van der Waals surface area (Å²) in [4.78, 5) is 65.5. The molecule has 0 spiro atoms. The number of carbonyl (C=O) groups excluding carboxylic acids is 5. The lowest BCUT2D eigenvalue weighted by molar-refractivity contribution is 0.0691. The molecular weight excluding hydrogens is 893 g/mol. The summed E-state index contributed by atoms with van der Waals surface area (Å²) in [6.07, 6.45) is 0. The molecule has 352 valence electrons. The molecule has 4 amide bonds. The van der Waals surface area contributed by atoms with Crippen LogP contribution in [0.1, 0.15) is 93.5 Å². The van der Waals surface area contributed by atoms with E-state index in [4.69, 9.17) is 18.9 Å². The van der Waals surface area contributed by atoms with Crippen LogP contribution in [0.5, 0.6) is 40.2 Å². The Morgan fingerprint density at radius 2 is 0.746 bits per heavy atom. The minimum absolute atomic E-state index is 0.00555. The van der Waals surface area contributed by atoms with Crippen molar-refractivity contribution in [1.29, 1.82) is 0 Å². The third kappa shape index (κ3) is 9.79. The molecule has 0 N–H and O–H groups in total. The maximum atomic E-state index is 13.2. The highest BCUT2D eigenvalue weighted by molar-refractivity contribution is 6.34. The molecule has 0 fully saturated rings. The van der Waals surface area contributed by atoms with Gasteiger partial charge in [0.05, 0.1) is 35.1 Å². The Bertz CT molecular complexity index is 3330. The Hall–Kier alpha value is -9.09. The topological polar surface area (TPSA) is 129 Å². The molecule has 10 rings (SSSR count). The SMILES string of the molecule is COc1ccc(Oc2ccc(C(=O)c3ccc(C)cc3)cc2)cc1.Cc1ccc(N2C(=O)c3ccc(Oc4ccc(C(C)(C)c5ccc(Oc6ccc7c(c6)C(=O)N(C)C7=O)cc5)cc4)cc3C2=O)cc1. The van der Waals surface area contributed by atoms with Gasteiger partial charge in [-0.15, -0.1) is 0 Å². The first kappa shape index (κ1) is 47.0. The van der Waals surface area contributed by atoms with Crippen LogP contribution in [-0.2, 0) is 5.41 Å². The van der Waals surface area contributed by atoms with Crippen molar-refractivity contribution in [3.8, 4) is 40.2 Å². The highest BCUT2D eigenvalue weighted by atomic mass is 16.5. The molecule has 0 aliphatic carbocycles. The predicted molar refractivity (Wildman–Crippen MR) is 271 cm³/mol. The summed E-state index contributed by atoms with van der Waals surface area (Å²) in [5.41, 5.74) is 7.19. The zero-order chi connectivity index (χ0) is 50.0. The van der Waals surface area contributed by atoms with E-state index in [-0.39, 0.29) is 34.8 Å². The van der Waals surface area contributed by atoms with Gasteiger partial charge in [-0.05, 0) is 146 Å². The van der Waals surface area contributed by atoms with E-state index in [0.29, 0.717) is 73.6 Å². The number of benzene rings is 8. The van der Waals surface area contributed by atoms with Gasteiger partial charge in [0.25, 0.3) is 23.6 Å². The molecule has 0 saturated carbocycles. The number of rotatable bonds is 12. The van der Waals surface area contributed by atoms with Gasteiger partial charge in [-0.25, -0.2) is 4.90 Å². The van der Waals surface area contributed by atoms with Gasteiger partial charge in [0, 0.05) is 23.6 Å². The van der Waals surface area contributed by atoms with Crippen LogP contribution in [-0.4, -0.2) is 48.5 Å². The summed E-state index contributed by atoms with van der Waals surface area (Å²) < 4.78 is 23.0. The molecule has 0 atom stereocenters. The maximum absolute atomic E-state index is 13.2. The summed E-state index contributed by atoms with van der Waals surface area (Å²) in [5, 5.41) is 0. The molecule has 11 heteroatoms. The van der Waals surface area contributed by atoms with Crippen LogP contribution in [0.15, 0.2) is 182 Å². The normalized spacial score (nSPS) is 12.8. The van der Waals surface area contributed by atoms with Crippen molar-refractivity contribution in [2.75, 3.05) is 19.1 Å². The van der Waals surface area contributed by atoms with Crippen LogP contribution in [0.25, 0.3) is 0 Å². The number of ether oxygens (including phenoxy) is 4. The zero-order valence-corrected chi connectivity index (χ0v) is 39.9. The van der Waals surface area contributed by atoms with Crippen LogP contribution >= 0.6 is 0 Å². The van der Waals surface area contributed by atoms with E-state index in [1.54, 1.807) is 79.9 Å². The molecule has 0 radical (unpaired) electrons. The Kier molecular flexibility index (Phi) is 12.9. The predicted octanol–water partition coefficient (Wildman–Crippen LogP) is 13.0. The third-order valence-corrected chi connectivity index (χ3v) is 12.6. The molecule has 0 aromatic heterocycles. The molecule has 11 nitrogen and oxygen atoms in total. The monoisotopic (exact) mass is 940 g/mol. The highest BCUT2D eigenvalue weighted by Crippen LogP contribution is 2.37. The van der Waals surface area contributed by atoms with Crippen LogP contribution in [0, 0.1) is 13.8 Å². The van der Waals surface area contributed by atoms with E-state index >= 15 is 0 Å². The van der Waals surface area contributed by atoms with Crippen LogP contribution in [0.4, 0.5) is 5.69 Å². The first-order chi connectivity index (χ1) is 34.2. The van der Waals surface area contributed by atoms with Crippen molar-refractivity contribution >= 4 is 35.1 Å². The van der Waals surface area contributed by atoms with Gasteiger partial charge in [-0.3, -0.25) is 28.9 Å². The fourth-order valence-electron chi connectivity index (χ4n) is 8.26. The average molecular weight is 941 g/mol. The lowest BCUT2D eigenvalue weighted by Gasteiger charge is -2.26. The number of hydrogen-bond acceptors (Lipinski definition) is 9. The second-order valence-electron chi connectivity index (χ2n) is 17.7. The summed E-state index contributed by atoms with van der Waals surface area (Å²) in [6, 6.07) is 54.7. The molecule has 2 heterocycles. The molecule has 0 bridgehead atoms. The van der Waals surface area contributed by atoms with Crippen molar-refractivity contribution in [1.82, 2.24) is 4.90 Å². The fourth-order valence-corrected chi connectivity index (χ4v) is 8.26. The average Bonchev–Trinajstić information content (AvgIpc) is 3.76. The number of fused-ring (bicyclic) bond motifs is 2. The standard InChI is InChI=1S/C39H30N2O6.C21H18O3/c1-23-5-11-26(12-6-23)41-37(44)32-20-18-30(22-34(32)38(41)45)47-28-15-9-25(10-16-28)39(2,3)24-7-13-27(14-8-24)46-29-17-19-31-33(21-29)36(43)40(4)35(31)42;1-15-3-5-16(6-4-15)21(22)17-7-9-19(10-8-17)24-20-13-11-18(23-2)12-14-20/h5-22H,1-4H3;3-14H,1-2H3. The first-order valence-electron chi connectivity index (χ1n) is 22.8. The summed E-state index contributed by atoms with van der Waals surface area (Å²) in [7, 11) is 3.09. The van der Waals surface area contributed by atoms with Gasteiger partial charge in [-0.2, -0.15) is 0 Å². The Balaban J connectivity index is 0.000000218. The van der Waals surface area contributed by atoms with E-state index in [1.165, 1.54) is 11.9 Å². The van der Waals surface area contributed by atoms with Crippen LogP contribution in [0.2, 0.25) is 0 Å². The summed E-state index contributed by atoms with van der Waals surface area (Å²) in [6.45, 7) is 8.20. The second kappa shape index (κ2) is 19.5. The third-order valence-electron chi connectivity index (χ3n) is 12.6. The van der Waals surface area contributed by atoms with Gasteiger partial charge < -0.3 is 18.9 Å². The smallest absolute Gasteiger partial charge is 0.266 e. The molecule has 8 aromatic carbocycles. The van der Waals surface area contributed by atoms with E-state index < -0.39 is 0 Å². The molecular formula is C60H48N2O9. The minimum Gasteiger partial charge on any atom is -0.497 e. The molecule has 2 aliphatic heterocycles. The van der Waals surface area contributed by atoms with Crippen molar-refractivity contribution < 1.29 is 42.9 Å². The van der Waals surface area contributed by atoms with Crippen molar-refractivity contribution in [3.63, 3.8) is 0 Å². The van der Waals surface area contributed by atoms with Crippen molar-refractivity contribution in [2.45, 2.75) is 33.1 Å². The van der Waals surface area contributed by atoms with Gasteiger partial charge in [0.15, 0.2) is 5.78 Å². The quantitative estimate of drug-likeness (QED) is 0.0868. The van der Waals surface area contributed by atoms with E-state index in [1.807, 2.05) is 123 Å². The number of aryl methyl sites for hydroxylation is 2. The molecule has 2 aliphatic rings. The van der Waals surface area contributed by atoms with Crippen LogP contribution in [0.3, 0.4) is 0 Å². The molecule has 0 saturated heterocycles.